The molecule has 0 fully saturated rings. The summed E-state index contributed by atoms with van der Waals surface area (Å²) in [6, 6.07) is 11.7. The highest BCUT2D eigenvalue weighted by molar-refractivity contribution is 5.92. The van der Waals surface area contributed by atoms with E-state index < -0.39 is 0 Å². The van der Waals surface area contributed by atoms with Crippen molar-refractivity contribution in [3.05, 3.63) is 78.1 Å². The smallest absolute Gasteiger partial charge is 0.246 e. The number of anilines is 2. The Morgan fingerprint density at radius 3 is 2.63 bits per heavy atom. The molecule has 2 aromatic carbocycles. The fourth-order valence-corrected chi connectivity index (χ4v) is 3.37. The number of rotatable bonds is 9. The van der Waals surface area contributed by atoms with Gasteiger partial charge in [-0.3, -0.25) is 4.79 Å². The van der Waals surface area contributed by atoms with E-state index in [-0.39, 0.29) is 12.5 Å². The fraction of sp³-hybridized carbons (Fsp3) is 0.192. The van der Waals surface area contributed by atoms with Gasteiger partial charge in [-0.25, -0.2) is 19.9 Å². The molecular weight excluding hydrogens is 444 g/mol. The summed E-state index contributed by atoms with van der Waals surface area (Å²) in [6.45, 7) is 4.26. The number of nitrogens with zero attached hydrogens (tertiary/aromatic N) is 4. The van der Waals surface area contributed by atoms with Crippen molar-refractivity contribution < 1.29 is 14.3 Å². The molecule has 0 saturated heterocycles. The Kier molecular flexibility index (Phi) is 7.59. The molecular formula is C26H26N6O3. The second kappa shape index (κ2) is 11.2. The van der Waals surface area contributed by atoms with Crippen molar-refractivity contribution in [3.63, 3.8) is 0 Å². The van der Waals surface area contributed by atoms with E-state index in [1.54, 1.807) is 12.4 Å². The Hall–Kier alpha value is -4.37. The second-order valence-corrected chi connectivity index (χ2v) is 7.81. The van der Waals surface area contributed by atoms with Crippen molar-refractivity contribution in [2.24, 2.45) is 0 Å². The van der Waals surface area contributed by atoms with Crippen LogP contribution in [0.3, 0.4) is 0 Å². The molecule has 2 heterocycles. The second-order valence-electron chi connectivity index (χ2n) is 7.81. The number of ether oxygens (including phenoxy) is 2. The van der Waals surface area contributed by atoms with Crippen molar-refractivity contribution in [1.29, 1.82) is 0 Å². The number of fused-ring (bicyclic) bond motifs is 1. The number of aryl methyl sites for hydroxylation is 2. The molecule has 4 aromatic rings. The van der Waals surface area contributed by atoms with Crippen LogP contribution in [0.2, 0.25) is 0 Å². The van der Waals surface area contributed by atoms with E-state index in [0.29, 0.717) is 23.9 Å². The zero-order valence-corrected chi connectivity index (χ0v) is 19.8. The molecule has 2 N–H and O–H groups in total. The monoisotopic (exact) mass is 470 g/mol. The normalized spacial score (nSPS) is 11.1. The van der Waals surface area contributed by atoms with E-state index in [0.717, 1.165) is 33.5 Å². The molecule has 0 aliphatic rings. The first kappa shape index (κ1) is 23.8. The first-order valence-electron chi connectivity index (χ1n) is 11.0. The Morgan fingerprint density at radius 1 is 1.03 bits per heavy atom. The van der Waals surface area contributed by atoms with Gasteiger partial charge in [-0.15, -0.1) is 0 Å². The third-order valence-electron chi connectivity index (χ3n) is 5.08. The van der Waals surface area contributed by atoms with Crippen molar-refractivity contribution >= 4 is 34.4 Å². The van der Waals surface area contributed by atoms with Gasteiger partial charge < -0.3 is 20.1 Å². The number of nitrogens with one attached hydrogen (secondary N) is 2. The summed E-state index contributed by atoms with van der Waals surface area (Å²) >= 11 is 0. The molecule has 0 spiro atoms. The van der Waals surface area contributed by atoms with Gasteiger partial charge in [-0.2, -0.15) is 0 Å². The molecule has 9 nitrogen and oxygen atoms in total. The van der Waals surface area contributed by atoms with Gasteiger partial charge >= 0.3 is 0 Å². The summed E-state index contributed by atoms with van der Waals surface area (Å²) in [5.41, 5.74) is 3.62. The molecule has 0 aliphatic carbocycles. The minimum Gasteiger partial charge on any atom is -0.454 e. The predicted octanol–water partition coefficient (Wildman–Crippen LogP) is 4.35. The molecule has 35 heavy (non-hydrogen) atoms. The van der Waals surface area contributed by atoms with Crippen LogP contribution < -0.4 is 15.4 Å². The van der Waals surface area contributed by atoms with Crippen LogP contribution in [-0.2, 0) is 9.53 Å². The van der Waals surface area contributed by atoms with Crippen molar-refractivity contribution in [3.8, 4) is 11.5 Å². The first-order chi connectivity index (χ1) is 17.0. The Morgan fingerprint density at radius 2 is 1.86 bits per heavy atom. The van der Waals surface area contributed by atoms with Crippen molar-refractivity contribution in [1.82, 2.24) is 25.3 Å². The van der Waals surface area contributed by atoms with Gasteiger partial charge in [0.1, 0.15) is 30.3 Å². The summed E-state index contributed by atoms with van der Waals surface area (Å²) in [5, 5.41) is 7.02. The molecule has 0 atom stereocenters. The van der Waals surface area contributed by atoms with Crippen molar-refractivity contribution in [2.45, 2.75) is 13.8 Å². The molecule has 2 aromatic heterocycles. The molecule has 0 aliphatic heterocycles. The lowest BCUT2D eigenvalue weighted by Crippen LogP contribution is -2.26. The topological polar surface area (TPSA) is 111 Å². The zero-order chi connectivity index (χ0) is 24.6. The lowest BCUT2D eigenvalue weighted by molar-refractivity contribution is -0.124. The Labute approximate surface area is 203 Å². The summed E-state index contributed by atoms with van der Waals surface area (Å²) in [4.78, 5) is 28.6. The van der Waals surface area contributed by atoms with Crippen LogP contribution in [0, 0.1) is 13.8 Å². The van der Waals surface area contributed by atoms with E-state index in [1.165, 1.54) is 13.4 Å². The number of benzene rings is 2. The highest BCUT2D eigenvalue weighted by atomic mass is 16.5. The van der Waals surface area contributed by atoms with Crippen molar-refractivity contribution in [2.75, 3.05) is 25.6 Å². The van der Waals surface area contributed by atoms with Crippen LogP contribution in [0.1, 0.15) is 17.0 Å². The fourth-order valence-electron chi connectivity index (χ4n) is 3.37. The van der Waals surface area contributed by atoms with Crippen LogP contribution >= 0.6 is 0 Å². The molecule has 0 radical (unpaired) electrons. The molecule has 1 amide bonds. The predicted molar refractivity (Wildman–Crippen MR) is 135 cm³/mol. The number of hydrogen-bond acceptors (Lipinski definition) is 8. The largest absolute Gasteiger partial charge is 0.454 e. The van der Waals surface area contributed by atoms with E-state index in [4.69, 9.17) is 9.47 Å². The number of carbonyl (C=O) groups is 1. The van der Waals surface area contributed by atoms with Gasteiger partial charge in [-0.1, -0.05) is 18.2 Å². The average molecular weight is 471 g/mol. The van der Waals surface area contributed by atoms with Crippen LogP contribution in [0.5, 0.6) is 11.5 Å². The molecule has 9 heteroatoms. The molecule has 178 valence electrons. The Balaban J connectivity index is 1.49. The summed E-state index contributed by atoms with van der Waals surface area (Å²) in [5.74, 6) is 2.53. The van der Waals surface area contributed by atoms with E-state index in [2.05, 4.69) is 30.6 Å². The standard InChI is InChI=1S/C26H26N6O3/c1-17-11-20(7-9-24(17)35-21-13-28-18(2)29-14-21)32-26-22-12-19(6-8-23(22)30-16-31-26)5-4-10-27-25(33)15-34-3/h4-9,11-14,16H,10,15H2,1-3H3,(H,27,33)(H,30,31,32)/b5-4+. The highest BCUT2D eigenvalue weighted by Crippen LogP contribution is 2.29. The van der Waals surface area contributed by atoms with Crippen LogP contribution in [0.25, 0.3) is 17.0 Å². The van der Waals surface area contributed by atoms with Crippen LogP contribution in [0.4, 0.5) is 11.5 Å². The van der Waals surface area contributed by atoms with E-state index in [9.17, 15) is 4.79 Å². The molecule has 0 saturated carbocycles. The maximum Gasteiger partial charge on any atom is 0.246 e. The lowest BCUT2D eigenvalue weighted by atomic mass is 10.1. The van der Waals surface area contributed by atoms with Gasteiger partial charge in [0.2, 0.25) is 5.91 Å². The number of amides is 1. The third-order valence-corrected chi connectivity index (χ3v) is 5.08. The first-order valence-corrected chi connectivity index (χ1v) is 11.0. The molecule has 4 rings (SSSR count). The summed E-state index contributed by atoms with van der Waals surface area (Å²) in [7, 11) is 1.49. The van der Waals surface area contributed by atoms with Crippen LogP contribution in [0.15, 0.2) is 61.2 Å². The summed E-state index contributed by atoms with van der Waals surface area (Å²) in [6.07, 6.45) is 8.66. The van der Waals surface area contributed by atoms with Crippen LogP contribution in [-0.4, -0.2) is 46.1 Å². The number of carbonyl (C=O) groups excluding carboxylic acids is 1. The molecule has 0 bridgehead atoms. The maximum absolute atomic E-state index is 11.5. The van der Waals surface area contributed by atoms with Gasteiger partial charge in [0.25, 0.3) is 0 Å². The summed E-state index contributed by atoms with van der Waals surface area (Å²) < 4.78 is 10.7. The maximum atomic E-state index is 11.5. The average Bonchev–Trinajstić information content (AvgIpc) is 2.85. The number of methoxy groups -OCH3 is 1. The SMILES string of the molecule is COCC(=O)NC/C=C/c1ccc2ncnc(Nc3ccc(Oc4cnc(C)nc4)c(C)c3)c2c1. The zero-order valence-electron chi connectivity index (χ0n) is 19.8. The van der Waals surface area contributed by atoms with E-state index in [1.807, 2.05) is 62.4 Å². The third kappa shape index (κ3) is 6.36. The van der Waals surface area contributed by atoms with Gasteiger partial charge in [0.15, 0.2) is 5.75 Å². The van der Waals surface area contributed by atoms with Gasteiger partial charge in [-0.05, 0) is 55.3 Å². The van der Waals surface area contributed by atoms with Gasteiger partial charge in [0.05, 0.1) is 17.9 Å². The van der Waals surface area contributed by atoms with E-state index >= 15 is 0 Å². The lowest BCUT2D eigenvalue weighted by Gasteiger charge is -2.12. The van der Waals surface area contributed by atoms with Gasteiger partial charge in [0, 0.05) is 24.7 Å². The highest BCUT2D eigenvalue weighted by Gasteiger charge is 2.08. The quantitative estimate of drug-likeness (QED) is 0.371. The number of aromatic nitrogens is 4. The minimum atomic E-state index is -0.158. The minimum absolute atomic E-state index is 0.0448. The molecule has 0 unspecified atom stereocenters. The Bertz CT molecular complexity index is 1360. The number of hydrogen-bond donors (Lipinski definition) is 2.